The molecule has 0 aromatic carbocycles. The molecule has 0 aliphatic rings. The van der Waals surface area contributed by atoms with Crippen molar-refractivity contribution in [1.29, 1.82) is 0 Å². The lowest BCUT2D eigenvalue weighted by Gasteiger charge is -2.05. The average Bonchev–Trinajstić information content (AvgIpc) is 2.21. The second-order valence-electron chi connectivity index (χ2n) is 3.03. The molecule has 0 aliphatic carbocycles. The molecule has 0 unspecified atom stereocenters. The van der Waals surface area contributed by atoms with Crippen LogP contribution in [0.1, 0.15) is 12.6 Å². The van der Waals surface area contributed by atoms with Crippen LogP contribution in [0.3, 0.4) is 0 Å². The number of aromatic nitrogens is 1. The summed E-state index contributed by atoms with van der Waals surface area (Å²) in [5.74, 6) is 0. The molecule has 0 bridgehead atoms. The standard InChI is InChI=1S/C11H14N2O/c1-3-10(8(2)7-14)11-5-4-9(12)6-13-11/h3-6,14H,1,7,12H2,2H3. The minimum absolute atomic E-state index is 0.00735. The van der Waals surface area contributed by atoms with Crippen LogP contribution >= 0.6 is 0 Å². The van der Waals surface area contributed by atoms with Crippen molar-refractivity contribution in [3.05, 3.63) is 42.3 Å². The summed E-state index contributed by atoms with van der Waals surface area (Å²) in [4.78, 5) is 4.15. The molecule has 1 aromatic heterocycles. The van der Waals surface area contributed by atoms with Crippen molar-refractivity contribution in [2.75, 3.05) is 12.3 Å². The minimum Gasteiger partial charge on any atom is -0.397 e. The van der Waals surface area contributed by atoms with Crippen molar-refractivity contribution >= 4 is 11.3 Å². The number of hydrogen-bond donors (Lipinski definition) is 2. The number of pyridine rings is 1. The highest BCUT2D eigenvalue weighted by Crippen LogP contribution is 2.17. The quantitative estimate of drug-likeness (QED) is 0.712. The van der Waals surface area contributed by atoms with E-state index in [1.54, 1.807) is 18.3 Å². The largest absolute Gasteiger partial charge is 0.397 e. The second-order valence-corrected chi connectivity index (χ2v) is 3.03. The van der Waals surface area contributed by atoms with Crippen molar-refractivity contribution in [3.8, 4) is 0 Å². The number of aliphatic hydroxyl groups is 1. The molecule has 74 valence electrons. The van der Waals surface area contributed by atoms with E-state index >= 15 is 0 Å². The number of nitrogens with zero attached hydrogens (tertiary/aromatic N) is 1. The molecule has 0 fully saturated rings. The molecule has 3 heteroatoms. The summed E-state index contributed by atoms with van der Waals surface area (Å²) in [6.45, 7) is 5.54. The molecular formula is C11H14N2O. The third kappa shape index (κ3) is 2.20. The first-order valence-corrected chi connectivity index (χ1v) is 4.34. The lowest BCUT2D eigenvalue weighted by Crippen LogP contribution is -1.95. The van der Waals surface area contributed by atoms with Gasteiger partial charge >= 0.3 is 0 Å². The molecule has 14 heavy (non-hydrogen) atoms. The van der Waals surface area contributed by atoms with Gasteiger partial charge in [-0.05, 0) is 24.6 Å². The lowest BCUT2D eigenvalue weighted by molar-refractivity contribution is 0.332. The van der Waals surface area contributed by atoms with Gasteiger partial charge in [0.1, 0.15) is 0 Å². The summed E-state index contributed by atoms with van der Waals surface area (Å²) in [6.07, 6.45) is 3.27. The average molecular weight is 190 g/mol. The molecule has 3 N–H and O–H groups in total. The summed E-state index contributed by atoms with van der Waals surface area (Å²) in [7, 11) is 0. The zero-order valence-electron chi connectivity index (χ0n) is 8.20. The van der Waals surface area contributed by atoms with Gasteiger partial charge in [-0.1, -0.05) is 12.7 Å². The van der Waals surface area contributed by atoms with Crippen LogP contribution in [-0.2, 0) is 0 Å². The Hall–Kier alpha value is -1.61. The molecule has 1 heterocycles. The SMILES string of the molecule is C=CC(=C(C)CO)c1ccc(N)cn1. The predicted molar refractivity (Wildman–Crippen MR) is 58.5 cm³/mol. The minimum atomic E-state index is 0.00735. The van der Waals surface area contributed by atoms with E-state index in [1.807, 2.05) is 13.0 Å². The fourth-order valence-corrected chi connectivity index (χ4v) is 1.15. The predicted octanol–water partition coefficient (Wildman–Crippen LogP) is 1.62. The number of hydrogen-bond acceptors (Lipinski definition) is 3. The van der Waals surface area contributed by atoms with Gasteiger partial charge in [0, 0.05) is 5.57 Å². The van der Waals surface area contributed by atoms with Crippen LogP contribution in [0.2, 0.25) is 0 Å². The van der Waals surface area contributed by atoms with Crippen molar-refractivity contribution < 1.29 is 5.11 Å². The zero-order valence-corrected chi connectivity index (χ0v) is 8.20. The number of nitrogen functional groups attached to an aromatic ring is 1. The van der Waals surface area contributed by atoms with Crippen LogP contribution in [0.25, 0.3) is 5.57 Å². The van der Waals surface area contributed by atoms with Gasteiger partial charge in [0.25, 0.3) is 0 Å². The summed E-state index contributed by atoms with van der Waals surface area (Å²) >= 11 is 0. The van der Waals surface area contributed by atoms with Gasteiger partial charge in [-0.15, -0.1) is 0 Å². The Kier molecular flexibility index (Phi) is 3.42. The van der Waals surface area contributed by atoms with E-state index in [-0.39, 0.29) is 6.61 Å². The smallest absolute Gasteiger partial charge is 0.0703 e. The molecule has 0 amide bonds. The van der Waals surface area contributed by atoms with Crippen molar-refractivity contribution in [2.45, 2.75) is 6.92 Å². The Bertz CT molecular complexity index is 352. The third-order valence-corrected chi connectivity index (χ3v) is 1.96. The number of nitrogens with two attached hydrogens (primary N) is 1. The van der Waals surface area contributed by atoms with Gasteiger partial charge in [-0.2, -0.15) is 0 Å². The monoisotopic (exact) mass is 190 g/mol. The van der Waals surface area contributed by atoms with E-state index in [2.05, 4.69) is 11.6 Å². The molecule has 1 aromatic rings. The van der Waals surface area contributed by atoms with Crippen molar-refractivity contribution in [2.24, 2.45) is 0 Å². The Labute approximate surface area is 83.6 Å². The first-order valence-electron chi connectivity index (χ1n) is 4.34. The summed E-state index contributed by atoms with van der Waals surface area (Å²) in [5.41, 5.74) is 8.62. The summed E-state index contributed by atoms with van der Waals surface area (Å²) < 4.78 is 0. The Morgan fingerprint density at radius 3 is 2.79 bits per heavy atom. The van der Waals surface area contributed by atoms with E-state index in [9.17, 15) is 0 Å². The van der Waals surface area contributed by atoms with E-state index in [4.69, 9.17) is 10.8 Å². The molecule has 0 aliphatic heterocycles. The number of anilines is 1. The molecule has 0 atom stereocenters. The van der Waals surface area contributed by atoms with Gasteiger partial charge in [-0.25, -0.2) is 0 Å². The topological polar surface area (TPSA) is 59.1 Å². The maximum absolute atomic E-state index is 8.99. The lowest BCUT2D eigenvalue weighted by atomic mass is 10.1. The number of allylic oxidation sites excluding steroid dienone is 2. The number of rotatable bonds is 3. The second kappa shape index (κ2) is 4.58. The van der Waals surface area contributed by atoms with Crippen molar-refractivity contribution in [3.63, 3.8) is 0 Å². The highest BCUT2D eigenvalue weighted by Gasteiger charge is 2.02. The first-order chi connectivity index (χ1) is 6.69. The Morgan fingerprint density at radius 1 is 1.64 bits per heavy atom. The summed E-state index contributed by atoms with van der Waals surface area (Å²) in [5, 5.41) is 8.99. The highest BCUT2D eigenvalue weighted by atomic mass is 16.3. The van der Waals surface area contributed by atoms with Gasteiger partial charge < -0.3 is 10.8 Å². The molecule has 0 radical (unpaired) electrons. The van der Waals surface area contributed by atoms with Crippen LogP contribution in [0, 0.1) is 0 Å². The molecular weight excluding hydrogens is 176 g/mol. The Balaban J connectivity index is 3.14. The van der Waals surface area contributed by atoms with Crippen LogP contribution in [0.5, 0.6) is 0 Å². The first kappa shape index (κ1) is 10.5. The van der Waals surface area contributed by atoms with Gasteiger partial charge in [-0.3, -0.25) is 4.98 Å². The number of aliphatic hydroxyl groups excluding tert-OH is 1. The molecule has 1 rings (SSSR count). The van der Waals surface area contributed by atoms with Crippen LogP contribution in [0.15, 0.2) is 36.6 Å². The molecule has 0 saturated heterocycles. The fraction of sp³-hybridized carbons (Fsp3) is 0.182. The van der Waals surface area contributed by atoms with E-state index in [0.29, 0.717) is 5.69 Å². The normalized spacial score (nSPS) is 12.1. The van der Waals surface area contributed by atoms with Crippen molar-refractivity contribution in [1.82, 2.24) is 4.98 Å². The Morgan fingerprint density at radius 2 is 2.36 bits per heavy atom. The summed E-state index contributed by atoms with van der Waals surface area (Å²) in [6, 6.07) is 3.59. The van der Waals surface area contributed by atoms with Gasteiger partial charge in [0.05, 0.1) is 24.2 Å². The van der Waals surface area contributed by atoms with E-state index in [1.165, 1.54) is 0 Å². The van der Waals surface area contributed by atoms with Crippen LogP contribution in [0.4, 0.5) is 5.69 Å². The third-order valence-electron chi connectivity index (χ3n) is 1.96. The highest BCUT2D eigenvalue weighted by molar-refractivity contribution is 5.74. The molecule has 0 spiro atoms. The van der Waals surface area contributed by atoms with E-state index < -0.39 is 0 Å². The van der Waals surface area contributed by atoms with E-state index in [0.717, 1.165) is 16.8 Å². The molecule has 3 nitrogen and oxygen atoms in total. The zero-order chi connectivity index (χ0) is 10.6. The maximum Gasteiger partial charge on any atom is 0.0703 e. The fourth-order valence-electron chi connectivity index (χ4n) is 1.15. The van der Waals surface area contributed by atoms with Crippen LogP contribution in [-0.4, -0.2) is 16.7 Å². The van der Waals surface area contributed by atoms with Crippen LogP contribution < -0.4 is 5.73 Å². The molecule has 0 saturated carbocycles. The maximum atomic E-state index is 8.99. The van der Waals surface area contributed by atoms with Gasteiger partial charge in [0.2, 0.25) is 0 Å². The van der Waals surface area contributed by atoms with Gasteiger partial charge in [0.15, 0.2) is 0 Å².